The van der Waals surface area contributed by atoms with Crippen LogP contribution < -0.4 is 4.74 Å². The molecule has 0 unspecified atom stereocenters. The van der Waals surface area contributed by atoms with Gasteiger partial charge in [0.15, 0.2) is 0 Å². The van der Waals surface area contributed by atoms with Gasteiger partial charge < -0.3 is 20.1 Å². The third-order valence-electron chi connectivity index (χ3n) is 4.69. The van der Waals surface area contributed by atoms with E-state index in [1.165, 1.54) is 0 Å². The molecule has 0 saturated heterocycles. The van der Waals surface area contributed by atoms with E-state index in [2.05, 4.69) is 0 Å². The standard InChI is InChI=1S/C12H12O2.C11H10O2/c1-8-11(14-2)7-9-5-3-4-6-10(9)12(8)13;1-7-10(12)6-8-4-2-3-5-9(8)11(7)13/h3-7,13H,1-2H3;2-6,12-13H,1H3. The molecule has 138 valence electrons. The summed E-state index contributed by atoms with van der Waals surface area (Å²) in [4.78, 5) is 0. The Labute approximate surface area is 157 Å². The van der Waals surface area contributed by atoms with Gasteiger partial charge >= 0.3 is 0 Å². The van der Waals surface area contributed by atoms with E-state index in [4.69, 9.17) is 4.74 Å². The largest absolute Gasteiger partial charge is 0.508 e. The highest BCUT2D eigenvalue weighted by Gasteiger charge is 2.08. The monoisotopic (exact) mass is 362 g/mol. The predicted molar refractivity (Wildman–Crippen MR) is 109 cm³/mol. The normalized spacial score (nSPS) is 10.5. The molecule has 0 bridgehead atoms. The lowest BCUT2D eigenvalue weighted by molar-refractivity contribution is 0.404. The third kappa shape index (κ3) is 3.47. The van der Waals surface area contributed by atoms with Crippen LogP contribution in [0.2, 0.25) is 0 Å². The average molecular weight is 362 g/mol. The number of hydrogen-bond donors (Lipinski definition) is 3. The fourth-order valence-electron chi connectivity index (χ4n) is 3.04. The molecule has 0 atom stereocenters. The molecule has 0 radical (unpaired) electrons. The number of fused-ring (bicyclic) bond motifs is 2. The van der Waals surface area contributed by atoms with Crippen LogP contribution in [-0.2, 0) is 0 Å². The van der Waals surface area contributed by atoms with Crippen molar-refractivity contribution >= 4 is 21.5 Å². The minimum Gasteiger partial charge on any atom is -0.508 e. The maximum absolute atomic E-state index is 9.89. The molecule has 0 saturated carbocycles. The molecule has 4 nitrogen and oxygen atoms in total. The summed E-state index contributed by atoms with van der Waals surface area (Å²) in [5.41, 5.74) is 1.31. The molecule has 4 heteroatoms. The Bertz CT molecular complexity index is 1120. The summed E-state index contributed by atoms with van der Waals surface area (Å²) in [5.74, 6) is 1.33. The van der Waals surface area contributed by atoms with E-state index < -0.39 is 0 Å². The highest BCUT2D eigenvalue weighted by molar-refractivity contribution is 5.91. The Kier molecular flexibility index (Phi) is 5.08. The quantitative estimate of drug-likeness (QED) is 0.423. The van der Waals surface area contributed by atoms with Crippen LogP contribution in [0.5, 0.6) is 23.0 Å². The molecule has 0 fully saturated rings. The minimum absolute atomic E-state index is 0.135. The number of phenols is 3. The Balaban J connectivity index is 0.000000156. The Morgan fingerprint density at radius 3 is 1.70 bits per heavy atom. The van der Waals surface area contributed by atoms with Crippen molar-refractivity contribution in [3.8, 4) is 23.0 Å². The smallest absolute Gasteiger partial charge is 0.130 e. The molecule has 4 aromatic carbocycles. The van der Waals surface area contributed by atoms with Crippen LogP contribution in [0.4, 0.5) is 0 Å². The number of phenolic OH excluding ortho intramolecular Hbond substituents is 3. The first-order valence-electron chi connectivity index (χ1n) is 8.59. The zero-order valence-electron chi connectivity index (χ0n) is 15.5. The van der Waals surface area contributed by atoms with Crippen LogP contribution in [-0.4, -0.2) is 22.4 Å². The SMILES string of the molecule is COc1cc2ccccc2c(O)c1C.Cc1c(O)cc2ccccc2c1O. The number of hydrogen-bond acceptors (Lipinski definition) is 4. The van der Waals surface area contributed by atoms with Crippen molar-refractivity contribution in [2.75, 3.05) is 7.11 Å². The van der Waals surface area contributed by atoms with E-state index in [1.807, 2.05) is 61.5 Å². The van der Waals surface area contributed by atoms with Gasteiger partial charge in [-0.15, -0.1) is 0 Å². The molecule has 0 aromatic heterocycles. The fourth-order valence-corrected chi connectivity index (χ4v) is 3.04. The number of aromatic hydroxyl groups is 3. The predicted octanol–water partition coefficient (Wildman–Crippen LogP) is 5.42. The number of rotatable bonds is 1. The molecule has 0 spiro atoms. The van der Waals surface area contributed by atoms with Crippen molar-refractivity contribution in [3.63, 3.8) is 0 Å². The molecule has 0 aliphatic rings. The maximum atomic E-state index is 9.89. The molecule has 27 heavy (non-hydrogen) atoms. The van der Waals surface area contributed by atoms with Crippen molar-refractivity contribution in [2.24, 2.45) is 0 Å². The molecule has 0 aliphatic heterocycles. The lowest BCUT2D eigenvalue weighted by atomic mass is 10.1. The lowest BCUT2D eigenvalue weighted by Gasteiger charge is -2.09. The molecule has 4 rings (SSSR count). The second-order valence-electron chi connectivity index (χ2n) is 6.36. The van der Waals surface area contributed by atoms with Gasteiger partial charge in [0.25, 0.3) is 0 Å². The molecule has 3 N–H and O–H groups in total. The molecule has 4 aromatic rings. The molecule has 0 aliphatic carbocycles. The van der Waals surface area contributed by atoms with E-state index in [-0.39, 0.29) is 11.5 Å². The van der Waals surface area contributed by atoms with E-state index in [1.54, 1.807) is 20.1 Å². The summed E-state index contributed by atoms with van der Waals surface area (Å²) >= 11 is 0. The van der Waals surface area contributed by atoms with E-state index in [0.29, 0.717) is 11.3 Å². The highest BCUT2D eigenvalue weighted by atomic mass is 16.5. The van der Waals surface area contributed by atoms with Gasteiger partial charge in [0.2, 0.25) is 0 Å². The van der Waals surface area contributed by atoms with Crippen LogP contribution >= 0.6 is 0 Å². The summed E-state index contributed by atoms with van der Waals surface area (Å²) in [6.45, 7) is 3.54. The van der Waals surface area contributed by atoms with E-state index >= 15 is 0 Å². The summed E-state index contributed by atoms with van der Waals surface area (Å²) in [6, 6.07) is 18.7. The first-order valence-corrected chi connectivity index (χ1v) is 8.59. The highest BCUT2D eigenvalue weighted by Crippen LogP contribution is 2.35. The summed E-state index contributed by atoms with van der Waals surface area (Å²) in [5, 5.41) is 32.5. The number of methoxy groups -OCH3 is 1. The fraction of sp³-hybridized carbons (Fsp3) is 0.130. The Morgan fingerprint density at radius 2 is 1.15 bits per heavy atom. The summed E-state index contributed by atoms with van der Waals surface area (Å²) < 4.78 is 5.17. The van der Waals surface area contributed by atoms with Crippen molar-refractivity contribution < 1.29 is 20.1 Å². The van der Waals surface area contributed by atoms with Gasteiger partial charge in [-0.1, -0.05) is 48.5 Å². The van der Waals surface area contributed by atoms with Gasteiger partial charge in [-0.2, -0.15) is 0 Å². The van der Waals surface area contributed by atoms with Crippen LogP contribution in [0, 0.1) is 13.8 Å². The van der Waals surface area contributed by atoms with Crippen molar-refractivity contribution in [1.29, 1.82) is 0 Å². The topological polar surface area (TPSA) is 69.9 Å². The zero-order valence-corrected chi connectivity index (χ0v) is 15.5. The molecule has 0 amide bonds. The van der Waals surface area contributed by atoms with Gasteiger partial charge in [0.1, 0.15) is 23.0 Å². The lowest BCUT2D eigenvalue weighted by Crippen LogP contribution is -1.88. The van der Waals surface area contributed by atoms with Crippen LogP contribution in [0.25, 0.3) is 21.5 Å². The molecular formula is C23H22O4. The van der Waals surface area contributed by atoms with Gasteiger partial charge in [-0.05, 0) is 36.8 Å². The van der Waals surface area contributed by atoms with Crippen LogP contribution in [0.1, 0.15) is 11.1 Å². The van der Waals surface area contributed by atoms with Crippen molar-refractivity contribution in [3.05, 3.63) is 71.8 Å². The minimum atomic E-state index is 0.135. The first kappa shape index (κ1) is 18.4. The zero-order chi connectivity index (χ0) is 19.6. The number of benzene rings is 4. The van der Waals surface area contributed by atoms with Crippen LogP contribution in [0.3, 0.4) is 0 Å². The molecule has 0 heterocycles. The summed E-state index contributed by atoms with van der Waals surface area (Å²) in [6.07, 6.45) is 0. The Morgan fingerprint density at radius 1 is 0.667 bits per heavy atom. The first-order chi connectivity index (χ1) is 12.9. The Hall–Kier alpha value is -3.40. The third-order valence-corrected chi connectivity index (χ3v) is 4.69. The van der Waals surface area contributed by atoms with Crippen LogP contribution in [0.15, 0.2) is 60.7 Å². The van der Waals surface area contributed by atoms with Gasteiger partial charge in [0.05, 0.1) is 7.11 Å². The number of ether oxygens (including phenoxy) is 1. The van der Waals surface area contributed by atoms with Crippen molar-refractivity contribution in [2.45, 2.75) is 13.8 Å². The van der Waals surface area contributed by atoms with Crippen molar-refractivity contribution in [1.82, 2.24) is 0 Å². The maximum Gasteiger partial charge on any atom is 0.130 e. The van der Waals surface area contributed by atoms with Gasteiger partial charge in [-0.3, -0.25) is 0 Å². The van der Waals surface area contributed by atoms with E-state index in [9.17, 15) is 15.3 Å². The second kappa shape index (κ2) is 7.46. The van der Waals surface area contributed by atoms with Gasteiger partial charge in [-0.25, -0.2) is 0 Å². The summed E-state index contributed by atoms with van der Waals surface area (Å²) in [7, 11) is 1.61. The van der Waals surface area contributed by atoms with E-state index in [0.717, 1.165) is 32.9 Å². The second-order valence-corrected chi connectivity index (χ2v) is 6.36. The van der Waals surface area contributed by atoms with Gasteiger partial charge in [0, 0.05) is 21.9 Å². The molecular weight excluding hydrogens is 340 g/mol. The average Bonchev–Trinajstić information content (AvgIpc) is 2.69.